The fourth-order valence-electron chi connectivity index (χ4n) is 2.03. The molecule has 0 aliphatic heterocycles. The topological polar surface area (TPSA) is 90.7 Å². The summed E-state index contributed by atoms with van der Waals surface area (Å²) in [7, 11) is 1.50. The number of nitrogens with two attached hydrogens (primary N) is 1. The lowest BCUT2D eigenvalue weighted by Crippen LogP contribution is -2.22. The zero-order chi connectivity index (χ0) is 17.5. The molecule has 0 radical (unpaired) electrons. The maximum atomic E-state index is 12.1. The highest BCUT2D eigenvalue weighted by Gasteiger charge is 2.13. The van der Waals surface area contributed by atoms with Gasteiger partial charge in [0.2, 0.25) is 0 Å². The van der Waals surface area contributed by atoms with Crippen molar-refractivity contribution in [2.24, 2.45) is 5.73 Å². The number of anilines is 1. The van der Waals surface area contributed by atoms with Crippen molar-refractivity contribution < 1.29 is 19.1 Å². The number of hydrogen-bond donors (Lipinski definition) is 2. The number of rotatable bonds is 7. The van der Waals surface area contributed by atoms with Crippen LogP contribution in [0.3, 0.4) is 0 Å². The highest BCUT2D eigenvalue weighted by molar-refractivity contribution is 7.98. The minimum Gasteiger partial charge on any atom is -0.497 e. The van der Waals surface area contributed by atoms with Crippen molar-refractivity contribution in [1.29, 1.82) is 0 Å². The average molecular weight is 346 g/mol. The fraction of sp³-hybridized carbons (Fsp3) is 0.176. The molecule has 3 N–H and O–H groups in total. The van der Waals surface area contributed by atoms with Crippen LogP contribution in [0, 0.1) is 0 Å². The summed E-state index contributed by atoms with van der Waals surface area (Å²) in [5.74, 6) is -0.270. The molecule has 126 valence electrons. The molecule has 2 rings (SSSR count). The standard InChI is InChI=1S/C17H18N2O4S/c1-22-11-7-8-12(17(18)21)14(9-11)23-10-16(20)19-13-5-3-4-6-15(13)24-2/h3-9H,10H2,1-2H3,(H2,18,21)(H,19,20). The summed E-state index contributed by atoms with van der Waals surface area (Å²) in [6.45, 7) is -0.254. The van der Waals surface area contributed by atoms with Gasteiger partial charge in [0.15, 0.2) is 6.61 Å². The maximum Gasteiger partial charge on any atom is 0.262 e. The van der Waals surface area contributed by atoms with Crippen molar-refractivity contribution in [3.63, 3.8) is 0 Å². The van der Waals surface area contributed by atoms with Gasteiger partial charge in [-0.05, 0) is 30.5 Å². The predicted octanol–water partition coefficient (Wildman–Crippen LogP) is 2.53. The molecule has 2 aromatic carbocycles. The number of methoxy groups -OCH3 is 1. The van der Waals surface area contributed by atoms with Crippen LogP contribution in [0.5, 0.6) is 11.5 Å². The Morgan fingerprint density at radius 2 is 1.96 bits per heavy atom. The Labute approximate surface area is 144 Å². The molecule has 24 heavy (non-hydrogen) atoms. The summed E-state index contributed by atoms with van der Waals surface area (Å²) in [5, 5.41) is 2.78. The van der Waals surface area contributed by atoms with Gasteiger partial charge in [-0.15, -0.1) is 11.8 Å². The minimum atomic E-state index is -0.638. The molecule has 0 heterocycles. The zero-order valence-electron chi connectivity index (χ0n) is 13.4. The predicted molar refractivity (Wildman–Crippen MR) is 93.9 cm³/mol. The molecule has 0 fully saturated rings. The number of para-hydroxylation sites is 1. The normalized spacial score (nSPS) is 10.1. The molecule has 0 saturated heterocycles. The van der Waals surface area contributed by atoms with Crippen molar-refractivity contribution in [2.45, 2.75) is 4.90 Å². The highest BCUT2D eigenvalue weighted by atomic mass is 32.2. The largest absolute Gasteiger partial charge is 0.497 e. The molecule has 2 amide bonds. The van der Waals surface area contributed by atoms with Crippen LogP contribution >= 0.6 is 11.8 Å². The van der Waals surface area contributed by atoms with Gasteiger partial charge in [0.05, 0.1) is 18.4 Å². The Morgan fingerprint density at radius 1 is 1.21 bits per heavy atom. The number of nitrogens with one attached hydrogen (secondary N) is 1. The Kier molecular flexibility index (Phi) is 6.08. The number of amides is 2. The summed E-state index contributed by atoms with van der Waals surface area (Å²) < 4.78 is 10.5. The summed E-state index contributed by atoms with van der Waals surface area (Å²) in [5.41, 5.74) is 6.21. The summed E-state index contributed by atoms with van der Waals surface area (Å²) in [4.78, 5) is 24.5. The van der Waals surface area contributed by atoms with E-state index >= 15 is 0 Å². The smallest absolute Gasteiger partial charge is 0.262 e. The fourth-order valence-corrected chi connectivity index (χ4v) is 2.58. The van der Waals surface area contributed by atoms with Gasteiger partial charge in [-0.3, -0.25) is 9.59 Å². The molecule has 0 atom stereocenters. The summed E-state index contributed by atoms with van der Waals surface area (Å²) in [6.07, 6.45) is 1.93. The molecule has 0 saturated carbocycles. The van der Waals surface area contributed by atoms with Crippen LogP contribution in [0.4, 0.5) is 5.69 Å². The van der Waals surface area contributed by atoms with Crippen LogP contribution < -0.4 is 20.5 Å². The van der Waals surface area contributed by atoms with Gasteiger partial charge in [-0.2, -0.15) is 0 Å². The molecule has 0 unspecified atom stereocenters. The molecule has 6 nitrogen and oxygen atoms in total. The van der Waals surface area contributed by atoms with Crippen molar-refractivity contribution in [1.82, 2.24) is 0 Å². The first-order chi connectivity index (χ1) is 11.5. The Balaban J connectivity index is 2.07. The monoisotopic (exact) mass is 346 g/mol. The van der Waals surface area contributed by atoms with Crippen LogP contribution in [-0.4, -0.2) is 31.8 Å². The quantitative estimate of drug-likeness (QED) is 0.752. The molecule has 7 heteroatoms. The Hall–Kier alpha value is -2.67. The lowest BCUT2D eigenvalue weighted by Gasteiger charge is -2.12. The van der Waals surface area contributed by atoms with E-state index < -0.39 is 5.91 Å². The molecule has 0 spiro atoms. The molecule has 0 aromatic heterocycles. The third kappa shape index (κ3) is 4.42. The third-order valence-electron chi connectivity index (χ3n) is 3.19. The van der Waals surface area contributed by atoms with E-state index in [4.69, 9.17) is 15.2 Å². The molecular formula is C17H18N2O4S. The van der Waals surface area contributed by atoms with Gasteiger partial charge in [0, 0.05) is 11.0 Å². The van der Waals surface area contributed by atoms with Crippen LogP contribution in [0.1, 0.15) is 10.4 Å². The molecule has 0 aliphatic rings. The van der Waals surface area contributed by atoms with E-state index in [9.17, 15) is 9.59 Å². The molecular weight excluding hydrogens is 328 g/mol. The van der Waals surface area contributed by atoms with E-state index in [-0.39, 0.29) is 23.8 Å². The van der Waals surface area contributed by atoms with Crippen LogP contribution in [0.2, 0.25) is 0 Å². The van der Waals surface area contributed by atoms with Gasteiger partial charge in [-0.1, -0.05) is 12.1 Å². The lowest BCUT2D eigenvalue weighted by atomic mass is 10.2. The van der Waals surface area contributed by atoms with E-state index in [1.807, 2.05) is 30.5 Å². The molecule has 0 aliphatic carbocycles. The second-order valence-electron chi connectivity index (χ2n) is 4.76. The Morgan fingerprint density at radius 3 is 2.62 bits per heavy atom. The third-order valence-corrected chi connectivity index (χ3v) is 3.99. The van der Waals surface area contributed by atoms with Gasteiger partial charge >= 0.3 is 0 Å². The summed E-state index contributed by atoms with van der Waals surface area (Å²) >= 11 is 1.53. The number of thioether (sulfide) groups is 1. The van der Waals surface area contributed by atoms with E-state index in [1.165, 1.54) is 31.0 Å². The SMILES string of the molecule is COc1ccc(C(N)=O)c(OCC(=O)Nc2ccccc2SC)c1. The summed E-state index contributed by atoms with van der Waals surface area (Å²) in [6, 6.07) is 12.1. The van der Waals surface area contributed by atoms with Gasteiger partial charge in [0.25, 0.3) is 11.8 Å². The highest BCUT2D eigenvalue weighted by Crippen LogP contribution is 2.26. The van der Waals surface area contributed by atoms with E-state index in [0.717, 1.165) is 4.90 Å². The zero-order valence-corrected chi connectivity index (χ0v) is 14.2. The van der Waals surface area contributed by atoms with Crippen molar-refractivity contribution in [2.75, 3.05) is 25.3 Å². The van der Waals surface area contributed by atoms with E-state index in [1.54, 1.807) is 6.07 Å². The first kappa shape index (κ1) is 17.7. The lowest BCUT2D eigenvalue weighted by molar-refractivity contribution is -0.118. The van der Waals surface area contributed by atoms with Crippen molar-refractivity contribution >= 4 is 29.3 Å². The first-order valence-electron chi connectivity index (χ1n) is 7.08. The second-order valence-corrected chi connectivity index (χ2v) is 5.61. The van der Waals surface area contributed by atoms with Crippen LogP contribution in [-0.2, 0) is 4.79 Å². The maximum absolute atomic E-state index is 12.1. The number of benzene rings is 2. The number of hydrogen-bond acceptors (Lipinski definition) is 5. The van der Waals surface area contributed by atoms with E-state index in [0.29, 0.717) is 11.4 Å². The number of carbonyl (C=O) groups is 2. The van der Waals surface area contributed by atoms with Gasteiger partial charge in [-0.25, -0.2) is 0 Å². The Bertz CT molecular complexity index is 749. The molecule has 0 bridgehead atoms. The van der Waals surface area contributed by atoms with Gasteiger partial charge < -0.3 is 20.5 Å². The number of ether oxygens (including phenoxy) is 2. The number of primary amides is 1. The van der Waals surface area contributed by atoms with Crippen molar-refractivity contribution in [3.05, 3.63) is 48.0 Å². The van der Waals surface area contributed by atoms with E-state index in [2.05, 4.69) is 5.32 Å². The molecule has 2 aromatic rings. The number of carbonyl (C=O) groups excluding carboxylic acids is 2. The van der Waals surface area contributed by atoms with Crippen molar-refractivity contribution in [3.8, 4) is 11.5 Å². The van der Waals surface area contributed by atoms with Crippen LogP contribution in [0.15, 0.2) is 47.4 Å². The minimum absolute atomic E-state index is 0.188. The second kappa shape index (κ2) is 8.26. The first-order valence-corrected chi connectivity index (χ1v) is 8.31. The van der Waals surface area contributed by atoms with Gasteiger partial charge in [0.1, 0.15) is 11.5 Å². The average Bonchev–Trinajstić information content (AvgIpc) is 2.60. The van der Waals surface area contributed by atoms with Crippen LogP contribution in [0.25, 0.3) is 0 Å².